The third kappa shape index (κ3) is 9.71. The molecule has 0 atom stereocenters. The molecule has 0 saturated heterocycles. The Morgan fingerprint density at radius 1 is 0.456 bits per heavy atom. The van der Waals surface area contributed by atoms with E-state index >= 15 is 0 Å². The van der Waals surface area contributed by atoms with Gasteiger partial charge in [0.1, 0.15) is 32.5 Å². The molecule has 0 radical (unpaired) electrons. The van der Waals surface area contributed by atoms with Gasteiger partial charge in [0.15, 0.2) is 5.75 Å². The van der Waals surface area contributed by atoms with E-state index in [0.29, 0.717) is 45.5 Å². The van der Waals surface area contributed by atoms with Crippen LogP contribution in [0.25, 0.3) is 10.8 Å². The van der Waals surface area contributed by atoms with Crippen molar-refractivity contribution in [1.29, 1.82) is 0 Å². The van der Waals surface area contributed by atoms with Gasteiger partial charge in [-0.05, 0) is 102 Å². The molecule has 0 aromatic heterocycles. The molecular formula is C34H29N13NaO7S2+. The molecule has 23 heteroatoms. The van der Waals surface area contributed by atoms with E-state index in [4.69, 9.17) is 28.7 Å². The smallest absolute Gasteiger partial charge is 0.505 e. The largest absolute Gasteiger partial charge is 1.00 e. The van der Waals surface area contributed by atoms with Crippen molar-refractivity contribution in [2.24, 2.45) is 40.9 Å². The molecule has 0 spiro atoms. The topological polar surface area (TPSA) is 358 Å². The van der Waals surface area contributed by atoms with Crippen LogP contribution in [0.1, 0.15) is 0 Å². The fourth-order valence-corrected chi connectivity index (χ4v) is 6.37. The summed E-state index contributed by atoms with van der Waals surface area (Å²) in [6.07, 6.45) is 0. The van der Waals surface area contributed by atoms with E-state index in [1.165, 1.54) is 60.7 Å². The molecule has 0 heterocycles. The Morgan fingerprint density at radius 2 is 0.807 bits per heavy atom. The van der Waals surface area contributed by atoms with E-state index in [0.717, 1.165) is 12.1 Å². The van der Waals surface area contributed by atoms with Crippen molar-refractivity contribution in [3.05, 3.63) is 97.1 Å². The zero-order valence-electron chi connectivity index (χ0n) is 29.5. The van der Waals surface area contributed by atoms with E-state index in [2.05, 4.69) is 40.9 Å². The molecule has 0 aliphatic rings. The van der Waals surface area contributed by atoms with Gasteiger partial charge in [0.05, 0.1) is 45.2 Å². The predicted molar refractivity (Wildman–Crippen MR) is 210 cm³/mol. The molecule has 0 fully saturated rings. The quantitative estimate of drug-likeness (QED) is 0.0361. The van der Waals surface area contributed by atoms with Crippen LogP contribution >= 0.6 is 0 Å². The summed E-state index contributed by atoms with van der Waals surface area (Å²) in [6.45, 7) is 0. The SMILES string of the molecule is Nc1ccc(N=Nc2ccc(N=Nc3c(S(=O)(=O)O)cc4cc(S(=O)(=O)O)c(N=Nc5ccc(N=Nc6ccc(N)cc6N)cc5)c(O)c4c3N)cc2)c(N)c1.[Na+]. The maximum atomic E-state index is 12.5. The van der Waals surface area contributed by atoms with Crippen molar-refractivity contribution in [1.82, 2.24) is 0 Å². The van der Waals surface area contributed by atoms with Gasteiger partial charge in [-0.3, -0.25) is 9.11 Å². The first-order valence-corrected chi connectivity index (χ1v) is 18.6. The Balaban J connectivity index is 0.00000620. The molecule has 0 amide bonds. The molecular weight excluding hydrogens is 790 g/mol. The van der Waals surface area contributed by atoms with Gasteiger partial charge in [-0.1, -0.05) is 0 Å². The summed E-state index contributed by atoms with van der Waals surface area (Å²) >= 11 is 0. The van der Waals surface area contributed by atoms with Crippen LogP contribution in [0, 0.1) is 0 Å². The summed E-state index contributed by atoms with van der Waals surface area (Å²) in [6, 6.07) is 23.0. The number of anilines is 5. The summed E-state index contributed by atoms with van der Waals surface area (Å²) < 4.78 is 69.9. The van der Waals surface area contributed by atoms with E-state index < -0.39 is 52.8 Å². The van der Waals surface area contributed by atoms with Gasteiger partial charge in [-0.2, -0.15) is 37.3 Å². The van der Waals surface area contributed by atoms with Gasteiger partial charge in [-0.25, -0.2) is 0 Å². The molecule has 0 saturated carbocycles. The number of nitrogens with two attached hydrogens (primary N) is 5. The fraction of sp³-hybridized carbons (Fsp3) is 0. The summed E-state index contributed by atoms with van der Waals surface area (Å²) in [4.78, 5) is -1.84. The maximum absolute atomic E-state index is 12.5. The van der Waals surface area contributed by atoms with Gasteiger partial charge in [-0.15, -0.1) is 20.5 Å². The van der Waals surface area contributed by atoms with Crippen LogP contribution < -0.4 is 58.2 Å². The number of azo groups is 4. The third-order valence-electron chi connectivity index (χ3n) is 7.75. The Labute approximate surface area is 345 Å². The molecule has 6 rings (SSSR count). The summed E-state index contributed by atoms with van der Waals surface area (Å²) in [5.74, 6) is -0.919. The Hall–Kier alpha value is -6.40. The fourth-order valence-electron chi connectivity index (χ4n) is 5.04. The van der Waals surface area contributed by atoms with Crippen LogP contribution in [0.15, 0.2) is 148 Å². The van der Waals surface area contributed by atoms with Gasteiger partial charge in [0, 0.05) is 11.4 Å². The number of phenolic OH excluding ortho intramolecular Hbond substituents is 1. The minimum Gasteiger partial charge on any atom is -0.505 e. The van der Waals surface area contributed by atoms with Crippen molar-refractivity contribution in [2.45, 2.75) is 9.79 Å². The van der Waals surface area contributed by atoms with Crippen LogP contribution in [-0.2, 0) is 20.2 Å². The molecule has 0 unspecified atom stereocenters. The Kier molecular flexibility index (Phi) is 12.3. The zero-order valence-corrected chi connectivity index (χ0v) is 33.1. The second-order valence-electron chi connectivity index (χ2n) is 11.7. The second kappa shape index (κ2) is 16.8. The first kappa shape index (κ1) is 41.8. The standard InChI is InChI=1S/C34H29N13O7S2.Na/c35-18-1-11-26(24(37)15-18)44-40-20-3-7-22(8-4-20)42-46-32-28(55(49,50)51)13-17-14-29(56(52,53)54)33(34(48)30(17)31(32)39)47-43-23-9-5-21(6-10-23)41-45-27-12-2-19(36)16-25(27)38;/h1-16,48H,35-39H2,(H,49,50,51)(H,52,53,54);/q;+1. The number of aromatic hydroxyl groups is 1. The van der Waals surface area contributed by atoms with E-state index in [-0.39, 0.29) is 51.7 Å². The number of rotatable bonds is 10. The molecule has 20 nitrogen and oxygen atoms in total. The summed E-state index contributed by atoms with van der Waals surface area (Å²) in [7, 11) is -10.2. The van der Waals surface area contributed by atoms with Crippen molar-refractivity contribution in [3.8, 4) is 5.75 Å². The summed E-state index contributed by atoms with van der Waals surface area (Å²) in [5, 5.41) is 42.8. The molecule has 0 aliphatic carbocycles. The van der Waals surface area contributed by atoms with Gasteiger partial charge >= 0.3 is 29.6 Å². The first-order chi connectivity index (χ1) is 26.5. The van der Waals surface area contributed by atoms with Crippen molar-refractivity contribution < 1.29 is 60.6 Å². The van der Waals surface area contributed by atoms with Crippen molar-refractivity contribution in [3.63, 3.8) is 0 Å². The minimum absolute atomic E-state index is 0. The molecule has 6 aromatic carbocycles. The molecule has 0 bridgehead atoms. The van der Waals surface area contributed by atoms with Crippen molar-refractivity contribution >= 4 is 105 Å². The van der Waals surface area contributed by atoms with Crippen LogP contribution in [-0.4, -0.2) is 31.0 Å². The maximum Gasteiger partial charge on any atom is 1.00 e. The number of nitrogen functional groups attached to an aromatic ring is 5. The number of fused-ring (bicyclic) bond motifs is 1. The third-order valence-corrected chi connectivity index (χ3v) is 9.48. The number of benzene rings is 6. The van der Waals surface area contributed by atoms with Gasteiger partial charge < -0.3 is 33.8 Å². The first-order valence-electron chi connectivity index (χ1n) is 15.7. The van der Waals surface area contributed by atoms with Crippen LogP contribution in [0.4, 0.5) is 73.9 Å². The van der Waals surface area contributed by atoms with E-state index in [9.17, 15) is 31.0 Å². The Bertz CT molecular complexity index is 2680. The molecule has 57 heavy (non-hydrogen) atoms. The molecule has 284 valence electrons. The van der Waals surface area contributed by atoms with Crippen LogP contribution in [0.5, 0.6) is 5.75 Å². The van der Waals surface area contributed by atoms with Gasteiger partial charge in [0.25, 0.3) is 20.2 Å². The molecule has 13 N–H and O–H groups in total. The Morgan fingerprint density at radius 3 is 1.18 bits per heavy atom. The van der Waals surface area contributed by atoms with E-state index in [1.54, 1.807) is 24.3 Å². The van der Waals surface area contributed by atoms with Gasteiger partial charge in [0.2, 0.25) is 0 Å². The number of nitrogens with zero attached hydrogens (tertiary/aromatic N) is 8. The number of hydrogen-bond donors (Lipinski definition) is 8. The van der Waals surface area contributed by atoms with Crippen LogP contribution in [0.2, 0.25) is 0 Å². The zero-order chi connectivity index (χ0) is 40.4. The average molecular weight is 819 g/mol. The summed E-state index contributed by atoms with van der Waals surface area (Å²) in [5.41, 5.74) is 31.1. The molecule has 6 aromatic rings. The number of hydrogen-bond acceptors (Lipinski definition) is 18. The second-order valence-corrected chi connectivity index (χ2v) is 14.5. The predicted octanol–water partition coefficient (Wildman–Crippen LogP) is 5.62. The van der Waals surface area contributed by atoms with Crippen molar-refractivity contribution in [2.75, 3.05) is 28.7 Å². The average Bonchev–Trinajstić information content (AvgIpc) is 3.13. The normalized spacial score (nSPS) is 12.3. The molecule has 0 aliphatic heterocycles. The van der Waals surface area contributed by atoms with E-state index in [1.807, 2.05) is 0 Å². The minimum atomic E-state index is -5.12. The number of phenols is 1. The van der Waals surface area contributed by atoms with Crippen LogP contribution in [0.3, 0.4) is 0 Å². The monoisotopic (exact) mass is 818 g/mol.